The molecule has 2 heteroatoms. The first-order valence-corrected chi connectivity index (χ1v) is 8.49. The van der Waals surface area contributed by atoms with Crippen LogP contribution in [-0.2, 0) is 0 Å². The Morgan fingerprint density at radius 3 is 1.72 bits per heavy atom. The molecular formula is C16H16OSi. The zero-order chi connectivity index (χ0) is 12.8. The Hall–Kier alpha value is -1.82. The Bertz CT molecular complexity index is 512. The highest BCUT2D eigenvalue weighted by atomic mass is 28.3. The van der Waals surface area contributed by atoms with E-state index in [4.69, 9.17) is 5.11 Å². The van der Waals surface area contributed by atoms with Gasteiger partial charge in [-0.1, -0.05) is 73.1 Å². The third-order valence-corrected chi connectivity index (χ3v) is 6.77. The third-order valence-electron chi connectivity index (χ3n) is 3.12. The molecule has 0 atom stereocenters. The topological polar surface area (TPSA) is 20.2 Å². The SMILES string of the molecule is C[Si](C#CCO)(c1ccccc1)c1ccccc1. The number of hydrogen-bond acceptors (Lipinski definition) is 1. The lowest BCUT2D eigenvalue weighted by Gasteiger charge is -2.22. The molecule has 0 aliphatic carbocycles. The Morgan fingerprint density at radius 2 is 1.33 bits per heavy atom. The van der Waals surface area contributed by atoms with Crippen molar-refractivity contribution in [2.24, 2.45) is 0 Å². The number of hydrogen-bond donors (Lipinski definition) is 1. The highest BCUT2D eigenvalue weighted by Crippen LogP contribution is 2.04. The minimum absolute atomic E-state index is 0.0811. The van der Waals surface area contributed by atoms with Crippen molar-refractivity contribution >= 4 is 18.4 Å². The molecule has 18 heavy (non-hydrogen) atoms. The van der Waals surface area contributed by atoms with E-state index < -0.39 is 8.07 Å². The Balaban J connectivity index is 2.55. The summed E-state index contributed by atoms with van der Waals surface area (Å²) < 4.78 is 0. The van der Waals surface area contributed by atoms with Gasteiger partial charge in [0.05, 0.1) is 0 Å². The molecular weight excluding hydrogens is 236 g/mol. The lowest BCUT2D eigenvalue weighted by molar-refractivity contribution is 0.350. The van der Waals surface area contributed by atoms with Crippen LogP contribution in [0.5, 0.6) is 0 Å². The minimum Gasteiger partial charge on any atom is -0.384 e. The lowest BCUT2D eigenvalue weighted by Crippen LogP contribution is -2.54. The van der Waals surface area contributed by atoms with Gasteiger partial charge in [-0.2, -0.15) is 0 Å². The van der Waals surface area contributed by atoms with Gasteiger partial charge in [-0.15, -0.1) is 5.54 Å². The van der Waals surface area contributed by atoms with Gasteiger partial charge in [0.25, 0.3) is 0 Å². The molecule has 0 saturated carbocycles. The summed E-state index contributed by atoms with van der Waals surface area (Å²) in [6, 6.07) is 20.7. The van der Waals surface area contributed by atoms with Gasteiger partial charge >= 0.3 is 0 Å². The molecule has 0 fully saturated rings. The van der Waals surface area contributed by atoms with Crippen LogP contribution in [0.15, 0.2) is 60.7 Å². The molecule has 0 bridgehead atoms. The van der Waals surface area contributed by atoms with Crippen molar-refractivity contribution in [3.05, 3.63) is 60.7 Å². The van der Waals surface area contributed by atoms with Crippen LogP contribution in [0.3, 0.4) is 0 Å². The van der Waals surface area contributed by atoms with Crippen LogP contribution in [-0.4, -0.2) is 19.8 Å². The Morgan fingerprint density at radius 1 is 0.889 bits per heavy atom. The quantitative estimate of drug-likeness (QED) is 0.633. The van der Waals surface area contributed by atoms with Gasteiger partial charge in [0.15, 0.2) is 8.07 Å². The smallest absolute Gasteiger partial charge is 0.196 e. The third kappa shape index (κ3) is 2.53. The summed E-state index contributed by atoms with van der Waals surface area (Å²) in [4.78, 5) is 0. The van der Waals surface area contributed by atoms with Crippen molar-refractivity contribution in [3.63, 3.8) is 0 Å². The van der Waals surface area contributed by atoms with Gasteiger partial charge in [-0.3, -0.25) is 0 Å². The van der Waals surface area contributed by atoms with Crippen LogP contribution in [0.4, 0.5) is 0 Å². The van der Waals surface area contributed by atoms with Crippen LogP contribution < -0.4 is 10.4 Å². The summed E-state index contributed by atoms with van der Waals surface area (Å²) in [6.45, 7) is 2.14. The highest BCUT2D eigenvalue weighted by molar-refractivity contribution is 7.07. The lowest BCUT2D eigenvalue weighted by atomic mass is 10.4. The molecule has 2 rings (SSSR count). The molecule has 2 aromatic rings. The molecule has 0 aliphatic rings. The molecule has 90 valence electrons. The minimum atomic E-state index is -2.04. The van der Waals surface area contributed by atoms with Gasteiger partial charge in [-0.05, 0) is 10.4 Å². The first kappa shape index (κ1) is 12.6. The molecule has 0 aromatic heterocycles. The second kappa shape index (κ2) is 5.68. The fraction of sp³-hybridized carbons (Fsp3) is 0.125. The summed E-state index contributed by atoms with van der Waals surface area (Å²) in [5, 5.41) is 11.5. The average molecular weight is 252 g/mol. The molecule has 0 radical (unpaired) electrons. The van der Waals surface area contributed by atoms with Gasteiger partial charge in [-0.25, -0.2) is 0 Å². The molecule has 0 heterocycles. The van der Waals surface area contributed by atoms with Gasteiger partial charge in [0.2, 0.25) is 0 Å². The number of aliphatic hydroxyl groups excluding tert-OH is 1. The molecule has 1 nitrogen and oxygen atoms in total. The predicted molar refractivity (Wildman–Crippen MR) is 78.6 cm³/mol. The maximum Gasteiger partial charge on any atom is 0.196 e. The summed E-state index contributed by atoms with van der Waals surface area (Å²) in [6.07, 6.45) is 0. The molecule has 1 N–H and O–H groups in total. The van der Waals surface area contributed by atoms with Crippen LogP contribution in [0.1, 0.15) is 0 Å². The zero-order valence-electron chi connectivity index (χ0n) is 10.4. The zero-order valence-corrected chi connectivity index (χ0v) is 11.4. The van der Waals surface area contributed by atoms with Crippen molar-refractivity contribution < 1.29 is 5.11 Å². The van der Waals surface area contributed by atoms with E-state index in [0.717, 1.165) is 0 Å². The first-order chi connectivity index (χ1) is 8.77. The van der Waals surface area contributed by atoms with E-state index in [1.807, 2.05) is 36.4 Å². The van der Waals surface area contributed by atoms with Gasteiger partial charge < -0.3 is 5.11 Å². The summed E-state index contributed by atoms with van der Waals surface area (Å²) in [5.74, 6) is 2.85. The van der Waals surface area contributed by atoms with Gasteiger partial charge in [0.1, 0.15) is 6.61 Å². The standard InChI is InChI=1S/C16H16OSi/c1-18(14-8-13-17,15-9-4-2-5-10-15)16-11-6-3-7-12-16/h2-7,9-12,17H,13H2,1H3. The van der Waals surface area contributed by atoms with E-state index in [2.05, 4.69) is 42.3 Å². The highest BCUT2D eigenvalue weighted by Gasteiger charge is 2.29. The number of aliphatic hydroxyl groups is 1. The largest absolute Gasteiger partial charge is 0.384 e. The van der Waals surface area contributed by atoms with E-state index >= 15 is 0 Å². The van der Waals surface area contributed by atoms with E-state index in [-0.39, 0.29) is 6.61 Å². The Labute approximate surface area is 109 Å². The fourth-order valence-corrected chi connectivity index (χ4v) is 4.84. The van der Waals surface area contributed by atoms with E-state index in [1.54, 1.807) is 0 Å². The van der Waals surface area contributed by atoms with E-state index in [9.17, 15) is 0 Å². The molecule has 0 saturated heterocycles. The molecule has 0 unspecified atom stereocenters. The predicted octanol–water partition coefficient (Wildman–Crippen LogP) is 1.41. The van der Waals surface area contributed by atoms with Crippen molar-refractivity contribution in [1.29, 1.82) is 0 Å². The molecule has 2 aromatic carbocycles. The van der Waals surface area contributed by atoms with Crippen LogP contribution >= 0.6 is 0 Å². The summed E-state index contributed by atoms with van der Waals surface area (Å²) >= 11 is 0. The normalized spacial score (nSPS) is 10.6. The maximum atomic E-state index is 8.97. The van der Waals surface area contributed by atoms with Crippen LogP contribution in [0, 0.1) is 11.5 Å². The number of benzene rings is 2. The van der Waals surface area contributed by atoms with Gasteiger partial charge in [0, 0.05) is 0 Å². The molecule has 0 spiro atoms. The molecule has 0 amide bonds. The van der Waals surface area contributed by atoms with Crippen molar-refractivity contribution in [1.82, 2.24) is 0 Å². The fourth-order valence-electron chi connectivity index (χ4n) is 2.07. The average Bonchev–Trinajstić information content (AvgIpc) is 2.46. The second-order valence-corrected chi connectivity index (χ2v) is 7.97. The van der Waals surface area contributed by atoms with E-state index in [1.165, 1.54) is 10.4 Å². The van der Waals surface area contributed by atoms with Crippen LogP contribution in [0.2, 0.25) is 6.55 Å². The molecule has 0 aliphatic heterocycles. The summed E-state index contributed by atoms with van der Waals surface area (Å²) in [5.41, 5.74) is 3.32. The monoisotopic (exact) mass is 252 g/mol. The first-order valence-electron chi connectivity index (χ1n) is 5.99. The van der Waals surface area contributed by atoms with E-state index in [0.29, 0.717) is 0 Å². The van der Waals surface area contributed by atoms with Crippen molar-refractivity contribution in [2.75, 3.05) is 6.61 Å². The number of rotatable bonds is 2. The van der Waals surface area contributed by atoms with Crippen LogP contribution in [0.25, 0.3) is 0 Å². The summed E-state index contributed by atoms with van der Waals surface area (Å²) in [7, 11) is -2.04. The van der Waals surface area contributed by atoms with Crippen molar-refractivity contribution in [3.8, 4) is 11.5 Å². The Kier molecular flexibility index (Phi) is 3.98. The maximum absolute atomic E-state index is 8.97. The van der Waals surface area contributed by atoms with Crippen molar-refractivity contribution in [2.45, 2.75) is 6.55 Å². The second-order valence-electron chi connectivity index (χ2n) is 4.32.